The van der Waals surface area contributed by atoms with Gasteiger partial charge in [-0.05, 0) is 45.0 Å². The predicted octanol–water partition coefficient (Wildman–Crippen LogP) is 2.78. The molecule has 0 unspecified atom stereocenters. The highest BCUT2D eigenvalue weighted by molar-refractivity contribution is 5.54. The molecule has 2 rings (SSSR count). The molecule has 1 aromatic carbocycles. The molecule has 1 saturated heterocycles. The van der Waals surface area contributed by atoms with Crippen molar-refractivity contribution in [1.82, 2.24) is 4.90 Å². The molecule has 0 radical (unpaired) electrons. The summed E-state index contributed by atoms with van der Waals surface area (Å²) in [6, 6.07) is 9.54. The summed E-state index contributed by atoms with van der Waals surface area (Å²) in [6.07, 6.45) is 3.76. The first kappa shape index (κ1) is 12.4. The summed E-state index contributed by atoms with van der Waals surface area (Å²) in [6.45, 7) is 4.62. The molecule has 0 spiro atoms. The van der Waals surface area contributed by atoms with Crippen LogP contribution in [0.5, 0.6) is 0 Å². The van der Waals surface area contributed by atoms with Gasteiger partial charge in [-0.2, -0.15) is 0 Å². The van der Waals surface area contributed by atoms with Crippen LogP contribution < -0.4 is 4.90 Å². The minimum atomic E-state index is 0.702. The van der Waals surface area contributed by atoms with Crippen molar-refractivity contribution in [2.45, 2.75) is 32.2 Å². The van der Waals surface area contributed by atoms with Crippen LogP contribution in [-0.4, -0.2) is 38.1 Å². The third-order valence-electron chi connectivity index (χ3n) is 3.84. The fraction of sp³-hybridized carbons (Fsp3) is 0.600. The molecular formula is C15H24N2. The molecule has 1 aromatic rings. The molecule has 0 saturated carbocycles. The molecule has 2 nitrogen and oxygen atoms in total. The molecule has 1 heterocycles. The van der Waals surface area contributed by atoms with Crippen LogP contribution in [0.2, 0.25) is 0 Å². The van der Waals surface area contributed by atoms with E-state index in [9.17, 15) is 0 Å². The zero-order valence-electron chi connectivity index (χ0n) is 11.3. The lowest BCUT2D eigenvalue weighted by Gasteiger charge is -2.38. The molecule has 17 heavy (non-hydrogen) atoms. The van der Waals surface area contributed by atoms with Crippen molar-refractivity contribution in [3.63, 3.8) is 0 Å². The van der Waals surface area contributed by atoms with Crippen LogP contribution in [0.15, 0.2) is 24.3 Å². The Kier molecular flexibility index (Phi) is 4.06. The molecule has 1 fully saturated rings. The van der Waals surface area contributed by atoms with Crippen molar-refractivity contribution in [3.05, 3.63) is 29.8 Å². The van der Waals surface area contributed by atoms with Crippen LogP contribution in [-0.2, 0) is 6.42 Å². The Bertz CT molecular complexity index is 360. The largest absolute Gasteiger partial charge is 0.370 e. The maximum Gasteiger partial charge on any atom is 0.0399 e. The smallest absolute Gasteiger partial charge is 0.0399 e. The summed E-state index contributed by atoms with van der Waals surface area (Å²) < 4.78 is 0. The lowest BCUT2D eigenvalue weighted by atomic mass is 10.0. The van der Waals surface area contributed by atoms with Crippen LogP contribution in [0.4, 0.5) is 5.69 Å². The van der Waals surface area contributed by atoms with Gasteiger partial charge in [0.05, 0.1) is 0 Å². The van der Waals surface area contributed by atoms with Crippen molar-refractivity contribution < 1.29 is 0 Å². The molecule has 94 valence electrons. The van der Waals surface area contributed by atoms with Gasteiger partial charge in [0.2, 0.25) is 0 Å². The van der Waals surface area contributed by atoms with Gasteiger partial charge in [-0.15, -0.1) is 0 Å². The van der Waals surface area contributed by atoms with Crippen molar-refractivity contribution in [2.24, 2.45) is 0 Å². The van der Waals surface area contributed by atoms with E-state index in [4.69, 9.17) is 0 Å². The number of rotatable bonds is 3. The standard InChI is InChI=1S/C15H24N2/c1-4-13-8-5-6-10-15(13)17-11-7-9-14(12-17)16(2)3/h5-6,8,10,14H,4,7,9,11-12H2,1-3H3/t14-/m0/s1. The van der Waals surface area contributed by atoms with Crippen LogP contribution in [0.25, 0.3) is 0 Å². The molecule has 2 heteroatoms. The molecule has 0 bridgehead atoms. The Hall–Kier alpha value is -1.02. The highest BCUT2D eigenvalue weighted by Crippen LogP contribution is 2.25. The van der Waals surface area contributed by atoms with Crippen molar-refractivity contribution >= 4 is 5.69 Å². The Morgan fingerprint density at radius 3 is 2.76 bits per heavy atom. The van der Waals surface area contributed by atoms with Gasteiger partial charge in [0, 0.05) is 24.8 Å². The molecule has 0 aromatic heterocycles. The van der Waals surface area contributed by atoms with E-state index in [-0.39, 0.29) is 0 Å². The number of nitrogens with zero attached hydrogens (tertiary/aromatic N) is 2. The monoisotopic (exact) mass is 232 g/mol. The van der Waals surface area contributed by atoms with E-state index in [1.54, 1.807) is 0 Å². The normalized spacial score (nSPS) is 20.9. The lowest BCUT2D eigenvalue weighted by molar-refractivity contribution is 0.258. The predicted molar refractivity (Wildman–Crippen MR) is 74.7 cm³/mol. The minimum Gasteiger partial charge on any atom is -0.370 e. The summed E-state index contributed by atoms with van der Waals surface area (Å²) in [5.41, 5.74) is 2.92. The van der Waals surface area contributed by atoms with E-state index in [0.29, 0.717) is 6.04 Å². The zero-order chi connectivity index (χ0) is 12.3. The van der Waals surface area contributed by atoms with Gasteiger partial charge in [0.25, 0.3) is 0 Å². The molecule has 1 atom stereocenters. The summed E-state index contributed by atoms with van der Waals surface area (Å²) in [7, 11) is 4.39. The van der Waals surface area contributed by atoms with Crippen molar-refractivity contribution in [2.75, 3.05) is 32.1 Å². The Morgan fingerprint density at radius 2 is 2.06 bits per heavy atom. The van der Waals surface area contributed by atoms with Crippen LogP contribution in [0, 0.1) is 0 Å². The number of para-hydroxylation sites is 1. The Labute approximate surface area is 105 Å². The third-order valence-corrected chi connectivity index (χ3v) is 3.84. The van der Waals surface area contributed by atoms with Crippen LogP contribution >= 0.6 is 0 Å². The summed E-state index contributed by atoms with van der Waals surface area (Å²) in [4.78, 5) is 4.92. The van der Waals surface area contributed by atoms with E-state index in [1.807, 2.05) is 0 Å². The Balaban J connectivity index is 2.16. The summed E-state index contributed by atoms with van der Waals surface area (Å²) in [5.74, 6) is 0. The van der Waals surface area contributed by atoms with E-state index in [2.05, 4.69) is 55.1 Å². The lowest BCUT2D eigenvalue weighted by Crippen LogP contribution is -2.45. The molecule has 1 aliphatic heterocycles. The number of anilines is 1. The highest BCUT2D eigenvalue weighted by atomic mass is 15.2. The van der Waals surface area contributed by atoms with Crippen molar-refractivity contribution in [3.8, 4) is 0 Å². The van der Waals surface area contributed by atoms with E-state index >= 15 is 0 Å². The van der Waals surface area contributed by atoms with Gasteiger partial charge in [-0.3, -0.25) is 0 Å². The van der Waals surface area contributed by atoms with Crippen LogP contribution in [0.3, 0.4) is 0 Å². The topological polar surface area (TPSA) is 6.48 Å². The second-order valence-electron chi connectivity index (χ2n) is 5.19. The average molecular weight is 232 g/mol. The highest BCUT2D eigenvalue weighted by Gasteiger charge is 2.22. The van der Waals surface area contributed by atoms with Gasteiger partial charge < -0.3 is 9.80 Å². The minimum absolute atomic E-state index is 0.702. The number of benzene rings is 1. The van der Waals surface area contributed by atoms with Gasteiger partial charge in [0.1, 0.15) is 0 Å². The molecule has 0 aliphatic carbocycles. The summed E-state index contributed by atoms with van der Waals surface area (Å²) in [5, 5.41) is 0. The van der Waals surface area contributed by atoms with E-state index in [0.717, 1.165) is 6.42 Å². The number of aryl methyl sites for hydroxylation is 1. The van der Waals surface area contributed by atoms with E-state index < -0.39 is 0 Å². The van der Waals surface area contributed by atoms with Gasteiger partial charge in [0.15, 0.2) is 0 Å². The van der Waals surface area contributed by atoms with Crippen molar-refractivity contribution in [1.29, 1.82) is 0 Å². The molecule has 1 aliphatic rings. The first-order valence-corrected chi connectivity index (χ1v) is 6.71. The van der Waals surface area contributed by atoms with Gasteiger partial charge in [-0.25, -0.2) is 0 Å². The van der Waals surface area contributed by atoms with Crippen LogP contribution in [0.1, 0.15) is 25.3 Å². The molecular weight excluding hydrogens is 208 g/mol. The SMILES string of the molecule is CCc1ccccc1N1CCC[C@H](N(C)C)C1. The fourth-order valence-corrected chi connectivity index (χ4v) is 2.71. The van der Waals surface area contributed by atoms with E-state index in [1.165, 1.54) is 37.2 Å². The van der Waals surface area contributed by atoms with Gasteiger partial charge in [-0.1, -0.05) is 25.1 Å². The van der Waals surface area contributed by atoms with Gasteiger partial charge >= 0.3 is 0 Å². The molecule has 0 amide bonds. The number of likely N-dealkylation sites (N-methyl/N-ethyl adjacent to an activating group) is 1. The number of hydrogen-bond donors (Lipinski definition) is 0. The quantitative estimate of drug-likeness (QED) is 0.790. The zero-order valence-corrected chi connectivity index (χ0v) is 11.3. The third kappa shape index (κ3) is 2.81. The fourth-order valence-electron chi connectivity index (χ4n) is 2.71. The second-order valence-corrected chi connectivity index (χ2v) is 5.19. The number of hydrogen-bond acceptors (Lipinski definition) is 2. The summed E-state index contributed by atoms with van der Waals surface area (Å²) >= 11 is 0. The maximum atomic E-state index is 2.56. The average Bonchev–Trinajstić information content (AvgIpc) is 2.39. The first-order valence-electron chi connectivity index (χ1n) is 6.71. The maximum absolute atomic E-state index is 2.56. The second kappa shape index (κ2) is 5.54. The first-order chi connectivity index (χ1) is 8.22. The molecule has 0 N–H and O–H groups in total. The Morgan fingerprint density at radius 1 is 1.29 bits per heavy atom. The number of piperidine rings is 1.